The van der Waals surface area contributed by atoms with Crippen LogP contribution < -0.4 is 0 Å². The van der Waals surface area contributed by atoms with Gasteiger partial charge in [0.25, 0.3) is 0 Å². The number of hydrogen-bond donors (Lipinski definition) is 0. The van der Waals surface area contributed by atoms with E-state index in [1.54, 1.807) is 30.0 Å². The molecule has 0 spiro atoms. The molecule has 0 N–H and O–H groups in total. The van der Waals surface area contributed by atoms with E-state index < -0.39 is 0 Å². The maximum absolute atomic E-state index is 11.3. The molecule has 0 saturated carbocycles. The van der Waals surface area contributed by atoms with Crippen molar-refractivity contribution in [3.8, 4) is 0 Å². The van der Waals surface area contributed by atoms with Crippen molar-refractivity contribution in [1.82, 2.24) is 4.90 Å². The van der Waals surface area contributed by atoms with Gasteiger partial charge in [0.1, 0.15) is 12.0 Å². The van der Waals surface area contributed by atoms with E-state index in [0.717, 1.165) is 5.57 Å². The van der Waals surface area contributed by atoms with Gasteiger partial charge in [0.05, 0.1) is 11.8 Å². The molecule has 2 atom stereocenters. The van der Waals surface area contributed by atoms with Crippen LogP contribution in [0.1, 0.15) is 13.3 Å². The summed E-state index contributed by atoms with van der Waals surface area (Å²) in [5.74, 6) is -0.231. The normalized spacial score (nSPS) is 28.0. The van der Waals surface area contributed by atoms with E-state index in [0.29, 0.717) is 6.42 Å². The van der Waals surface area contributed by atoms with Gasteiger partial charge in [-0.15, -0.1) is 0 Å². The highest BCUT2D eigenvalue weighted by Gasteiger charge is 2.41. The number of thioether (sulfide) groups is 1. The third kappa shape index (κ3) is 2.08. The molecule has 0 aromatic heterocycles. The fourth-order valence-electron chi connectivity index (χ4n) is 1.64. The Labute approximate surface area is 97.8 Å². The van der Waals surface area contributed by atoms with E-state index in [9.17, 15) is 9.59 Å². The zero-order valence-electron chi connectivity index (χ0n) is 9.13. The lowest BCUT2D eigenvalue weighted by Crippen LogP contribution is -2.51. The van der Waals surface area contributed by atoms with Gasteiger partial charge in [0.15, 0.2) is 0 Å². The summed E-state index contributed by atoms with van der Waals surface area (Å²) in [4.78, 5) is 23.7. The summed E-state index contributed by atoms with van der Waals surface area (Å²) >= 11 is 1.57. The van der Waals surface area contributed by atoms with Crippen molar-refractivity contribution in [2.24, 2.45) is 0 Å². The van der Waals surface area contributed by atoms with Crippen LogP contribution >= 0.6 is 11.8 Å². The molecule has 1 saturated heterocycles. The summed E-state index contributed by atoms with van der Waals surface area (Å²) in [7, 11) is 1.61. The minimum atomic E-state index is -0.335. The van der Waals surface area contributed by atoms with Crippen LogP contribution in [0.4, 0.5) is 0 Å². The molecule has 0 aromatic carbocycles. The zero-order valence-corrected chi connectivity index (χ0v) is 9.95. The minimum Gasteiger partial charge on any atom is -0.461 e. The molecule has 0 bridgehead atoms. The summed E-state index contributed by atoms with van der Waals surface area (Å²) in [5.41, 5.74) is 0.681. The Balaban J connectivity index is 2.06. The molecule has 0 aliphatic carbocycles. The van der Waals surface area contributed by atoms with E-state index in [1.807, 2.05) is 0 Å². The van der Waals surface area contributed by atoms with Crippen molar-refractivity contribution >= 4 is 23.6 Å². The first-order chi connectivity index (χ1) is 7.61. The number of hydrogen-bond acceptors (Lipinski definition) is 5. The highest BCUT2D eigenvalue weighted by Crippen LogP contribution is 2.40. The monoisotopic (exact) mass is 243 g/mol. The number of nitrogens with zero attached hydrogens (tertiary/aromatic N) is 1. The van der Waals surface area contributed by atoms with Crippen molar-refractivity contribution in [2.45, 2.75) is 24.2 Å². The minimum absolute atomic E-state index is 0.104. The van der Waals surface area contributed by atoms with Crippen LogP contribution in [0.5, 0.6) is 0 Å². The number of esters is 1. The summed E-state index contributed by atoms with van der Waals surface area (Å²) < 4.78 is 10.2. The first-order valence-electron chi connectivity index (χ1n) is 4.95. The Morgan fingerprint density at radius 1 is 1.69 bits per heavy atom. The SMILES string of the molecule is COC1S[C@@H]2CC(=O)N2C=C1COC(C)=O. The first kappa shape index (κ1) is 11.5. The topological polar surface area (TPSA) is 55.8 Å². The maximum atomic E-state index is 11.3. The molecule has 88 valence electrons. The lowest BCUT2D eigenvalue weighted by Gasteiger charge is -2.43. The molecule has 2 aliphatic heterocycles. The molecule has 1 unspecified atom stereocenters. The fraction of sp³-hybridized carbons (Fsp3) is 0.600. The third-order valence-corrected chi connectivity index (χ3v) is 3.94. The number of amides is 1. The highest BCUT2D eigenvalue weighted by molar-refractivity contribution is 8.00. The quantitative estimate of drug-likeness (QED) is 0.540. The zero-order chi connectivity index (χ0) is 11.7. The number of methoxy groups -OCH3 is 1. The molecule has 1 amide bonds. The smallest absolute Gasteiger partial charge is 0.302 e. The average Bonchev–Trinajstić information content (AvgIpc) is 2.25. The Hall–Kier alpha value is -1.01. The van der Waals surface area contributed by atoms with Crippen molar-refractivity contribution in [3.63, 3.8) is 0 Å². The van der Waals surface area contributed by atoms with Crippen molar-refractivity contribution in [1.29, 1.82) is 0 Å². The van der Waals surface area contributed by atoms with Crippen molar-refractivity contribution in [3.05, 3.63) is 11.8 Å². The molecule has 2 heterocycles. The van der Waals surface area contributed by atoms with Gasteiger partial charge in [0, 0.05) is 25.8 Å². The van der Waals surface area contributed by atoms with Crippen LogP contribution in [-0.2, 0) is 19.1 Å². The van der Waals surface area contributed by atoms with Crippen molar-refractivity contribution < 1.29 is 19.1 Å². The van der Waals surface area contributed by atoms with Gasteiger partial charge in [-0.2, -0.15) is 0 Å². The summed E-state index contributed by atoms with van der Waals surface area (Å²) in [6, 6.07) is 0. The highest BCUT2D eigenvalue weighted by atomic mass is 32.2. The first-order valence-corrected chi connectivity index (χ1v) is 5.89. The molecular weight excluding hydrogens is 230 g/mol. The second kappa shape index (κ2) is 4.47. The van der Waals surface area contributed by atoms with E-state index in [4.69, 9.17) is 9.47 Å². The van der Waals surface area contributed by atoms with Crippen LogP contribution in [0, 0.1) is 0 Å². The van der Waals surface area contributed by atoms with Gasteiger partial charge in [-0.25, -0.2) is 0 Å². The maximum Gasteiger partial charge on any atom is 0.302 e. The largest absolute Gasteiger partial charge is 0.461 e. The molecule has 6 heteroatoms. The molecular formula is C10H13NO4S. The molecule has 1 fully saturated rings. The summed E-state index contributed by atoms with van der Waals surface area (Å²) in [5, 5.41) is 0.179. The van der Waals surface area contributed by atoms with Crippen LogP contribution in [0.15, 0.2) is 11.8 Å². The van der Waals surface area contributed by atoms with Crippen LogP contribution in [0.25, 0.3) is 0 Å². The summed E-state index contributed by atoms with van der Waals surface area (Å²) in [6.45, 7) is 1.53. The number of fused-ring (bicyclic) bond motifs is 1. The molecule has 16 heavy (non-hydrogen) atoms. The van der Waals surface area contributed by atoms with Crippen LogP contribution in [0.3, 0.4) is 0 Å². The number of carbonyl (C=O) groups is 2. The lowest BCUT2D eigenvalue weighted by molar-refractivity contribution is -0.140. The van der Waals surface area contributed by atoms with Gasteiger partial charge in [-0.3, -0.25) is 9.59 Å². The average molecular weight is 243 g/mol. The predicted octanol–water partition coefficient (Wildman–Crippen LogP) is 0.711. The molecule has 2 rings (SSSR count). The number of rotatable bonds is 3. The lowest BCUT2D eigenvalue weighted by atomic mass is 10.2. The van der Waals surface area contributed by atoms with E-state index in [-0.39, 0.29) is 29.3 Å². The molecule has 5 nitrogen and oxygen atoms in total. The molecule has 0 aromatic rings. The van der Waals surface area contributed by atoms with Gasteiger partial charge < -0.3 is 14.4 Å². The number of carbonyl (C=O) groups excluding carboxylic acids is 2. The van der Waals surface area contributed by atoms with Gasteiger partial charge in [0.2, 0.25) is 5.91 Å². The number of β-lactam (4-membered cyclic amide) rings is 1. The van der Waals surface area contributed by atoms with Gasteiger partial charge in [-0.05, 0) is 0 Å². The Kier molecular flexibility index (Phi) is 3.20. The predicted molar refractivity (Wildman–Crippen MR) is 58.4 cm³/mol. The Bertz CT molecular complexity index is 355. The number of ether oxygens (including phenoxy) is 2. The van der Waals surface area contributed by atoms with Crippen LogP contribution in [0.2, 0.25) is 0 Å². The Morgan fingerprint density at radius 3 is 3.00 bits per heavy atom. The van der Waals surface area contributed by atoms with Gasteiger partial charge in [-0.1, -0.05) is 11.8 Å². The van der Waals surface area contributed by atoms with E-state index >= 15 is 0 Å². The second-order valence-corrected chi connectivity index (χ2v) is 4.89. The summed E-state index contributed by atoms with van der Waals surface area (Å²) in [6.07, 6.45) is 2.30. The van der Waals surface area contributed by atoms with Crippen LogP contribution in [-0.4, -0.2) is 41.3 Å². The van der Waals surface area contributed by atoms with Crippen molar-refractivity contribution in [2.75, 3.05) is 13.7 Å². The molecule has 0 radical (unpaired) electrons. The van der Waals surface area contributed by atoms with Gasteiger partial charge >= 0.3 is 5.97 Å². The Morgan fingerprint density at radius 2 is 2.44 bits per heavy atom. The molecule has 2 aliphatic rings. The fourth-order valence-corrected chi connectivity index (χ4v) is 2.89. The van der Waals surface area contributed by atoms with E-state index in [2.05, 4.69) is 0 Å². The second-order valence-electron chi connectivity index (χ2n) is 3.65. The van der Waals surface area contributed by atoms with E-state index in [1.165, 1.54) is 6.92 Å². The standard InChI is InChI=1S/C10H13NO4S/c1-6(12)15-5-7-4-11-8(13)3-9(11)16-10(7)14-2/h4,9-10H,3,5H2,1-2H3/t9-,10?/m1/s1. The third-order valence-electron chi connectivity index (χ3n) is 2.49.